The number of benzene rings is 2. The van der Waals surface area contributed by atoms with Crippen LogP contribution in [0.3, 0.4) is 0 Å². The fourth-order valence-corrected chi connectivity index (χ4v) is 4.86. The van der Waals surface area contributed by atoms with Gasteiger partial charge in [-0.1, -0.05) is 55.5 Å². The lowest BCUT2D eigenvalue weighted by atomic mass is 9.85. The number of carboxylic acids is 1. The van der Waals surface area contributed by atoms with Crippen molar-refractivity contribution in [1.82, 2.24) is 0 Å². The Balaban J connectivity index is 1.52. The Morgan fingerprint density at radius 1 is 1.21 bits per heavy atom. The standard InChI is InChI=1S/C27H32O6/c1-16(26(30)31)14-17-8-7-11-20-24-19(21(28)15-22(24)32-25(17)20)12-13-23(29)27(2,3)33-18-9-5-4-6-10-18/h4-13,16,19,21-24,28-29H,14-15H2,1-3H3,(H,30,31)/b13-12+/t16?,19-,21+,22-,23+,24-/m0/s1. The first kappa shape index (κ1) is 23.3. The van der Waals surface area contributed by atoms with Crippen molar-refractivity contribution in [1.29, 1.82) is 0 Å². The second kappa shape index (κ2) is 9.20. The molecule has 0 amide bonds. The van der Waals surface area contributed by atoms with Gasteiger partial charge in [0, 0.05) is 23.8 Å². The molecule has 0 aromatic heterocycles. The highest BCUT2D eigenvalue weighted by Gasteiger charge is 2.49. The number of hydrogen-bond acceptors (Lipinski definition) is 5. The minimum atomic E-state index is -0.881. The maximum absolute atomic E-state index is 11.3. The van der Waals surface area contributed by atoms with Gasteiger partial charge in [0.15, 0.2) is 0 Å². The molecule has 1 heterocycles. The number of aliphatic hydroxyl groups excluding tert-OH is 2. The van der Waals surface area contributed by atoms with Crippen LogP contribution in [0.1, 0.15) is 44.2 Å². The van der Waals surface area contributed by atoms with E-state index < -0.39 is 29.7 Å². The van der Waals surface area contributed by atoms with Crippen molar-refractivity contribution in [3.05, 3.63) is 71.8 Å². The predicted octanol–water partition coefficient (Wildman–Crippen LogP) is 3.95. The summed E-state index contributed by atoms with van der Waals surface area (Å²) in [5.41, 5.74) is 1.02. The van der Waals surface area contributed by atoms with Crippen LogP contribution in [0.15, 0.2) is 60.7 Å². The van der Waals surface area contributed by atoms with Crippen molar-refractivity contribution in [3.8, 4) is 11.5 Å². The molecule has 4 rings (SSSR count). The molecule has 2 aliphatic rings. The van der Waals surface area contributed by atoms with E-state index in [0.717, 1.165) is 16.9 Å². The molecule has 1 aliphatic heterocycles. The Labute approximate surface area is 194 Å². The van der Waals surface area contributed by atoms with E-state index >= 15 is 0 Å². The smallest absolute Gasteiger partial charge is 0.306 e. The lowest BCUT2D eigenvalue weighted by molar-refractivity contribution is -0.141. The number of aliphatic carboxylic acids is 1. The third kappa shape index (κ3) is 4.77. The molecule has 2 aromatic rings. The molecular weight excluding hydrogens is 420 g/mol. The highest BCUT2D eigenvalue weighted by atomic mass is 16.5. The zero-order chi connectivity index (χ0) is 23.8. The lowest BCUT2D eigenvalue weighted by Crippen LogP contribution is -2.41. The number of rotatable bonds is 8. The Bertz CT molecular complexity index is 1010. The summed E-state index contributed by atoms with van der Waals surface area (Å²) in [5, 5.41) is 30.9. The van der Waals surface area contributed by atoms with Gasteiger partial charge in [-0.15, -0.1) is 0 Å². The van der Waals surface area contributed by atoms with Crippen LogP contribution >= 0.6 is 0 Å². The van der Waals surface area contributed by atoms with E-state index in [0.29, 0.717) is 18.6 Å². The predicted molar refractivity (Wildman–Crippen MR) is 125 cm³/mol. The summed E-state index contributed by atoms with van der Waals surface area (Å²) >= 11 is 0. The first-order valence-corrected chi connectivity index (χ1v) is 11.5. The van der Waals surface area contributed by atoms with Gasteiger partial charge < -0.3 is 24.8 Å². The second-order valence-corrected chi connectivity index (χ2v) is 9.69. The zero-order valence-corrected chi connectivity index (χ0v) is 19.2. The molecule has 1 unspecified atom stereocenters. The van der Waals surface area contributed by atoms with E-state index in [1.165, 1.54) is 0 Å². The summed E-state index contributed by atoms with van der Waals surface area (Å²) in [6, 6.07) is 15.2. The van der Waals surface area contributed by atoms with Gasteiger partial charge in [0.05, 0.1) is 12.0 Å². The van der Waals surface area contributed by atoms with E-state index in [4.69, 9.17) is 9.47 Å². The summed E-state index contributed by atoms with van der Waals surface area (Å²) in [5.74, 6) is -0.182. The number of hydrogen-bond donors (Lipinski definition) is 3. The number of ether oxygens (including phenoxy) is 2. The lowest BCUT2D eigenvalue weighted by Gasteiger charge is -2.30. The van der Waals surface area contributed by atoms with E-state index in [1.54, 1.807) is 13.0 Å². The minimum absolute atomic E-state index is 0.0447. The van der Waals surface area contributed by atoms with E-state index in [-0.39, 0.29) is 17.9 Å². The van der Waals surface area contributed by atoms with Gasteiger partial charge in [-0.25, -0.2) is 0 Å². The normalized spacial score (nSPS) is 25.8. The Morgan fingerprint density at radius 2 is 1.94 bits per heavy atom. The van der Waals surface area contributed by atoms with Crippen molar-refractivity contribution in [2.75, 3.05) is 0 Å². The van der Waals surface area contributed by atoms with Gasteiger partial charge in [-0.3, -0.25) is 4.79 Å². The zero-order valence-electron chi connectivity index (χ0n) is 19.2. The molecule has 1 saturated carbocycles. The molecule has 0 radical (unpaired) electrons. The molecule has 6 atom stereocenters. The van der Waals surface area contributed by atoms with Crippen molar-refractivity contribution in [2.45, 2.75) is 63.4 Å². The van der Waals surface area contributed by atoms with Crippen molar-refractivity contribution in [2.24, 2.45) is 11.8 Å². The second-order valence-electron chi connectivity index (χ2n) is 9.69. The molecule has 1 fully saturated rings. The topological polar surface area (TPSA) is 96.2 Å². The maximum Gasteiger partial charge on any atom is 0.306 e. The van der Waals surface area contributed by atoms with Gasteiger partial charge in [-0.05, 0) is 38.0 Å². The molecule has 33 heavy (non-hydrogen) atoms. The highest BCUT2D eigenvalue weighted by Crippen LogP contribution is 2.52. The number of fused-ring (bicyclic) bond motifs is 3. The quantitative estimate of drug-likeness (QED) is 0.525. The third-order valence-corrected chi connectivity index (χ3v) is 6.79. The van der Waals surface area contributed by atoms with Crippen LogP contribution in [0.4, 0.5) is 0 Å². The number of para-hydroxylation sites is 2. The fraction of sp³-hybridized carbons (Fsp3) is 0.444. The monoisotopic (exact) mass is 452 g/mol. The molecule has 0 saturated heterocycles. The number of carboxylic acid groups (broad SMARTS) is 1. The molecule has 0 bridgehead atoms. The number of carbonyl (C=O) groups is 1. The largest absolute Gasteiger partial charge is 0.489 e. The van der Waals surface area contributed by atoms with Gasteiger partial charge in [0.25, 0.3) is 0 Å². The Morgan fingerprint density at radius 3 is 2.64 bits per heavy atom. The summed E-state index contributed by atoms with van der Waals surface area (Å²) in [6.07, 6.45) is 2.82. The SMILES string of the molecule is CC(Cc1cccc2c1O[C@H]1C[C@@H](O)[C@H](/C=C/[C@@H](O)C(C)(C)Oc3ccccc3)[C@@H]21)C(=O)O. The molecule has 6 nitrogen and oxygen atoms in total. The van der Waals surface area contributed by atoms with E-state index in [1.807, 2.05) is 68.5 Å². The Kier molecular flexibility index (Phi) is 6.50. The molecule has 0 spiro atoms. The van der Waals surface area contributed by atoms with E-state index in [2.05, 4.69) is 0 Å². The van der Waals surface area contributed by atoms with Crippen LogP contribution in [-0.2, 0) is 11.2 Å². The van der Waals surface area contributed by atoms with Crippen molar-refractivity contribution in [3.63, 3.8) is 0 Å². The first-order valence-electron chi connectivity index (χ1n) is 11.5. The van der Waals surface area contributed by atoms with Gasteiger partial charge in [0.1, 0.15) is 29.3 Å². The van der Waals surface area contributed by atoms with Crippen LogP contribution < -0.4 is 9.47 Å². The highest BCUT2D eigenvalue weighted by molar-refractivity contribution is 5.70. The fourth-order valence-electron chi connectivity index (χ4n) is 4.86. The molecule has 1 aliphatic carbocycles. The minimum Gasteiger partial charge on any atom is -0.489 e. The molecule has 6 heteroatoms. The molecule has 2 aromatic carbocycles. The summed E-state index contributed by atoms with van der Waals surface area (Å²) in [4.78, 5) is 11.3. The first-order chi connectivity index (χ1) is 15.7. The number of aliphatic hydroxyl groups is 2. The van der Waals surface area contributed by atoms with Crippen molar-refractivity contribution < 1.29 is 29.6 Å². The van der Waals surface area contributed by atoms with Crippen LogP contribution in [-0.4, -0.2) is 45.2 Å². The summed E-state index contributed by atoms with van der Waals surface area (Å²) in [7, 11) is 0. The van der Waals surface area contributed by atoms with E-state index in [9.17, 15) is 20.1 Å². The Hall–Kier alpha value is -2.83. The molecule has 176 valence electrons. The average Bonchev–Trinajstić information content (AvgIpc) is 3.27. The van der Waals surface area contributed by atoms with Crippen molar-refractivity contribution >= 4 is 5.97 Å². The average molecular weight is 453 g/mol. The van der Waals surface area contributed by atoms with Gasteiger partial charge >= 0.3 is 5.97 Å². The summed E-state index contributed by atoms with van der Waals surface area (Å²) in [6.45, 7) is 5.34. The van der Waals surface area contributed by atoms with Crippen LogP contribution in [0.5, 0.6) is 11.5 Å². The van der Waals surface area contributed by atoms with Crippen LogP contribution in [0.25, 0.3) is 0 Å². The van der Waals surface area contributed by atoms with Crippen LogP contribution in [0.2, 0.25) is 0 Å². The van der Waals surface area contributed by atoms with Gasteiger partial charge in [-0.2, -0.15) is 0 Å². The van der Waals surface area contributed by atoms with Gasteiger partial charge in [0.2, 0.25) is 0 Å². The molecule has 3 N–H and O–H groups in total. The third-order valence-electron chi connectivity index (χ3n) is 6.79. The van der Waals surface area contributed by atoms with Crippen LogP contribution in [0, 0.1) is 11.8 Å². The molecular formula is C27H32O6. The maximum atomic E-state index is 11.3. The summed E-state index contributed by atoms with van der Waals surface area (Å²) < 4.78 is 12.2.